The third-order valence-corrected chi connectivity index (χ3v) is 4.95. The van der Waals surface area contributed by atoms with Gasteiger partial charge in [-0.1, -0.05) is 48.5 Å². The van der Waals surface area contributed by atoms with Crippen molar-refractivity contribution in [2.75, 3.05) is 18.6 Å². The Morgan fingerprint density at radius 3 is 2.47 bits per heavy atom. The minimum atomic E-state index is -0.247. The Bertz CT molecular complexity index is 1070. The predicted octanol–water partition coefficient (Wildman–Crippen LogP) is 3.55. The molecule has 30 heavy (non-hydrogen) atoms. The van der Waals surface area contributed by atoms with E-state index in [1.807, 2.05) is 54.6 Å². The molecule has 0 unspecified atom stereocenters. The van der Waals surface area contributed by atoms with Crippen LogP contribution in [0.5, 0.6) is 11.5 Å². The molecule has 6 heteroatoms. The summed E-state index contributed by atoms with van der Waals surface area (Å²) < 4.78 is 11.4. The summed E-state index contributed by atoms with van der Waals surface area (Å²) in [5.74, 6) is 0.804. The Labute approximate surface area is 175 Å². The van der Waals surface area contributed by atoms with E-state index in [4.69, 9.17) is 9.47 Å². The van der Waals surface area contributed by atoms with Crippen LogP contribution < -0.4 is 19.7 Å². The van der Waals surface area contributed by atoms with E-state index in [2.05, 4.69) is 5.32 Å². The number of benzene rings is 3. The number of fused-ring (bicyclic) bond motifs is 1. The van der Waals surface area contributed by atoms with Crippen molar-refractivity contribution in [1.29, 1.82) is 0 Å². The van der Waals surface area contributed by atoms with Gasteiger partial charge in [0.15, 0.2) is 11.5 Å². The van der Waals surface area contributed by atoms with Crippen LogP contribution in [0.3, 0.4) is 0 Å². The largest absolute Gasteiger partial charge is 0.493 e. The first kappa shape index (κ1) is 19.5. The fraction of sp³-hybridized carbons (Fsp3) is 0.167. The molecule has 0 saturated carbocycles. The van der Waals surface area contributed by atoms with Crippen LogP contribution >= 0.6 is 0 Å². The fourth-order valence-corrected chi connectivity index (χ4v) is 3.40. The van der Waals surface area contributed by atoms with Gasteiger partial charge in [-0.3, -0.25) is 9.59 Å². The molecule has 2 amide bonds. The lowest BCUT2D eigenvalue weighted by Gasteiger charge is -2.23. The highest BCUT2D eigenvalue weighted by atomic mass is 16.5. The molecule has 3 aromatic rings. The summed E-state index contributed by atoms with van der Waals surface area (Å²) in [4.78, 5) is 26.5. The standard InChI is InChI=1S/C24H22N2O4/c1-29-22-13-18(11-12-21(22)30-16-17-7-3-2-4-8-17)15-26-20-10-6-5-9-19(20)24(28)25-14-23(26)27/h2-13H,14-16H2,1H3,(H,25,28). The number of nitrogens with one attached hydrogen (secondary N) is 1. The van der Waals surface area contributed by atoms with Gasteiger partial charge in [-0.15, -0.1) is 0 Å². The number of rotatable bonds is 6. The monoisotopic (exact) mass is 402 g/mol. The highest BCUT2D eigenvalue weighted by Gasteiger charge is 2.26. The van der Waals surface area contributed by atoms with E-state index in [9.17, 15) is 9.59 Å². The van der Waals surface area contributed by atoms with Crippen LogP contribution in [0.2, 0.25) is 0 Å². The lowest BCUT2D eigenvalue weighted by molar-refractivity contribution is -0.117. The predicted molar refractivity (Wildman–Crippen MR) is 114 cm³/mol. The Hall–Kier alpha value is -3.80. The maximum atomic E-state index is 12.7. The summed E-state index contributed by atoms with van der Waals surface area (Å²) >= 11 is 0. The van der Waals surface area contributed by atoms with Crippen LogP contribution in [0.1, 0.15) is 21.5 Å². The first-order valence-electron chi connectivity index (χ1n) is 9.67. The van der Waals surface area contributed by atoms with E-state index in [0.29, 0.717) is 35.9 Å². The SMILES string of the molecule is COc1cc(CN2C(=O)CNC(=O)c3ccccc32)ccc1OCc1ccccc1. The first-order chi connectivity index (χ1) is 14.7. The number of hydrogen-bond acceptors (Lipinski definition) is 4. The Balaban J connectivity index is 1.56. The van der Waals surface area contributed by atoms with E-state index in [1.165, 1.54) is 0 Å². The molecule has 3 aromatic carbocycles. The molecule has 6 nitrogen and oxygen atoms in total. The summed E-state index contributed by atoms with van der Waals surface area (Å²) in [5, 5.41) is 2.66. The number of ether oxygens (including phenoxy) is 2. The first-order valence-corrected chi connectivity index (χ1v) is 9.67. The average molecular weight is 402 g/mol. The Kier molecular flexibility index (Phi) is 5.66. The van der Waals surface area contributed by atoms with Gasteiger partial charge in [-0.25, -0.2) is 0 Å². The number of carbonyl (C=O) groups excluding carboxylic acids is 2. The Morgan fingerprint density at radius 2 is 1.67 bits per heavy atom. The van der Waals surface area contributed by atoms with E-state index in [0.717, 1.165) is 11.1 Å². The number of hydrogen-bond donors (Lipinski definition) is 1. The number of nitrogens with zero attached hydrogens (tertiary/aromatic N) is 1. The van der Waals surface area contributed by atoms with E-state index in [1.54, 1.807) is 30.2 Å². The van der Waals surface area contributed by atoms with Gasteiger partial charge in [-0.2, -0.15) is 0 Å². The number of para-hydroxylation sites is 1. The quantitative estimate of drug-likeness (QED) is 0.685. The zero-order valence-electron chi connectivity index (χ0n) is 16.6. The molecule has 1 heterocycles. The van der Waals surface area contributed by atoms with Gasteiger partial charge in [0.1, 0.15) is 6.61 Å². The van der Waals surface area contributed by atoms with Gasteiger partial charge >= 0.3 is 0 Å². The van der Waals surface area contributed by atoms with Crippen molar-refractivity contribution < 1.29 is 19.1 Å². The normalized spacial score (nSPS) is 13.3. The van der Waals surface area contributed by atoms with Gasteiger partial charge < -0.3 is 19.7 Å². The highest BCUT2D eigenvalue weighted by Crippen LogP contribution is 2.31. The highest BCUT2D eigenvalue weighted by molar-refractivity contribution is 6.09. The molecule has 0 atom stereocenters. The van der Waals surface area contributed by atoms with Crippen molar-refractivity contribution in [2.45, 2.75) is 13.2 Å². The van der Waals surface area contributed by atoms with E-state index < -0.39 is 0 Å². The number of methoxy groups -OCH3 is 1. The van der Waals surface area contributed by atoms with Crippen LogP contribution in [0.4, 0.5) is 5.69 Å². The molecule has 1 aliphatic heterocycles. The summed E-state index contributed by atoms with van der Waals surface area (Å²) in [6.07, 6.45) is 0. The Morgan fingerprint density at radius 1 is 0.900 bits per heavy atom. The summed E-state index contributed by atoms with van der Waals surface area (Å²) in [5.41, 5.74) is 3.02. The van der Waals surface area contributed by atoms with Crippen molar-refractivity contribution in [2.24, 2.45) is 0 Å². The third-order valence-electron chi connectivity index (χ3n) is 4.95. The molecule has 0 fully saturated rings. The fourth-order valence-electron chi connectivity index (χ4n) is 3.40. The van der Waals surface area contributed by atoms with Crippen LogP contribution in [-0.2, 0) is 17.9 Å². The molecule has 0 aromatic heterocycles. The third kappa shape index (κ3) is 4.12. The molecule has 0 bridgehead atoms. The lowest BCUT2D eigenvalue weighted by Crippen LogP contribution is -2.36. The molecule has 152 valence electrons. The van der Waals surface area contributed by atoms with Crippen molar-refractivity contribution in [3.63, 3.8) is 0 Å². The molecule has 0 spiro atoms. The second-order valence-corrected chi connectivity index (χ2v) is 6.94. The zero-order valence-corrected chi connectivity index (χ0v) is 16.6. The van der Waals surface area contributed by atoms with E-state index >= 15 is 0 Å². The second kappa shape index (κ2) is 8.69. The molecule has 0 radical (unpaired) electrons. The molecular weight excluding hydrogens is 380 g/mol. The number of anilines is 1. The smallest absolute Gasteiger partial charge is 0.253 e. The zero-order chi connectivity index (χ0) is 20.9. The minimum absolute atomic E-state index is 0.0388. The molecule has 0 aliphatic carbocycles. The molecule has 0 saturated heterocycles. The average Bonchev–Trinajstić information content (AvgIpc) is 2.91. The summed E-state index contributed by atoms with van der Waals surface area (Å²) in [6, 6.07) is 22.6. The maximum absolute atomic E-state index is 12.7. The van der Waals surface area contributed by atoms with Crippen molar-refractivity contribution in [3.05, 3.63) is 89.5 Å². The topological polar surface area (TPSA) is 67.9 Å². The van der Waals surface area contributed by atoms with Crippen LogP contribution in [0, 0.1) is 0 Å². The molecule has 1 aliphatic rings. The number of carbonyl (C=O) groups is 2. The van der Waals surface area contributed by atoms with Crippen molar-refractivity contribution >= 4 is 17.5 Å². The summed E-state index contributed by atoms with van der Waals surface area (Å²) in [7, 11) is 1.59. The summed E-state index contributed by atoms with van der Waals surface area (Å²) in [6.45, 7) is 0.714. The lowest BCUT2D eigenvalue weighted by atomic mass is 10.1. The van der Waals surface area contributed by atoms with Gasteiger partial charge in [0.25, 0.3) is 5.91 Å². The van der Waals surface area contributed by atoms with Gasteiger partial charge in [0, 0.05) is 0 Å². The van der Waals surface area contributed by atoms with Crippen LogP contribution in [0.15, 0.2) is 72.8 Å². The van der Waals surface area contributed by atoms with Gasteiger partial charge in [-0.05, 0) is 35.4 Å². The number of amides is 2. The van der Waals surface area contributed by atoms with Crippen LogP contribution in [-0.4, -0.2) is 25.5 Å². The minimum Gasteiger partial charge on any atom is -0.493 e. The van der Waals surface area contributed by atoms with E-state index in [-0.39, 0.29) is 18.4 Å². The second-order valence-electron chi connectivity index (χ2n) is 6.94. The molecule has 1 N–H and O–H groups in total. The van der Waals surface area contributed by atoms with Gasteiger partial charge in [0.2, 0.25) is 5.91 Å². The van der Waals surface area contributed by atoms with Crippen molar-refractivity contribution in [3.8, 4) is 11.5 Å². The molecule has 4 rings (SSSR count). The molecular formula is C24H22N2O4. The maximum Gasteiger partial charge on any atom is 0.253 e. The van der Waals surface area contributed by atoms with Crippen LogP contribution in [0.25, 0.3) is 0 Å². The van der Waals surface area contributed by atoms with Gasteiger partial charge in [0.05, 0.1) is 31.5 Å². The van der Waals surface area contributed by atoms with Crippen molar-refractivity contribution in [1.82, 2.24) is 5.32 Å².